The van der Waals surface area contributed by atoms with Crippen molar-refractivity contribution < 1.29 is 13.9 Å². The maximum Gasteiger partial charge on any atom is 0.275 e. The van der Waals surface area contributed by atoms with Crippen LogP contribution in [-0.2, 0) is 0 Å². The van der Waals surface area contributed by atoms with Crippen LogP contribution in [0.4, 0.5) is 8.78 Å². The monoisotopic (exact) mass is 224 g/mol. The molecule has 0 fully saturated rings. The van der Waals surface area contributed by atoms with Gasteiger partial charge in [0.25, 0.3) is 5.56 Å². The maximum atomic E-state index is 12.9. The summed E-state index contributed by atoms with van der Waals surface area (Å²) in [6.45, 7) is 0. The number of rotatable bonds is 1. The zero-order valence-electron chi connectivity index (χ0n) is 7.89. The van der Waals surface area contributed by atoms with Gasteiger partial charge in [0.2, 0.25) is 0 Å². The third-order valence-corrected chi connectivity index (χ3v) is 1.88. The predicted octanol–water partition coefficient (Wildman–Crippen LogP) is 1.22. The Kier molecular flexibility index (Phi) is 2.40. The number of hydrogen-bond donors (Lipinski definition) is 1. The van der Waals surface area contributed by atoms with Crippen molar-refractivity contribution in [2.75, 3.05) is 0 Å². The highest BCUT2D eigenvalue weighted by molar-refractivity contribution is 5.32. The molecule has 6 heteroatoms. The second kappa shape index (κ2) is 3.73. The van der Waals surface area contributed by atoms with Crippen molar-refractivity contribution in [3.05, 3.63) is 52.5 Å². The molecule has 0 bridgehead atoms. The molecule has 0 aliphatic heterocycles. The fourth-order valence-corrected chi connectivity index (χ4v) is 1.25. The fraction of sp³-hybridized carbons (Fsp3) is 0. The smallest absolute Gasteiger partial charge is 0.275 e. The number of benzene rings is 1. The van der Waals surface area contributed by atoms with E-state index in [1.54, 1.807) is 0 Å². The van der Waals surface area contributed by atoms with Crippen LogP contribution >= 0.6 is 0 Å². The van der Waals surface area contributed by atoms with E-state index in [0.717, 1.165) is 29.1 Å². The van der Waals surface area contributed by atoms with Crippen molar-refractivity contribution in [2.24, 2.45) is 0 Å². The summed E-state index contributed by atoms with van der Waals surface area (Å²) in [5.41, 5.74) is -0.715. The SMILES string of the molecule is O=c1cc(O)cnn1-c1cc(F)cc(F)c1. The van der Waals surface area contributed by atoms with Crippen LogP contribution in [0.1, 0.15) is 0 Å². The molecule has 0 aliphatic carbocycles. The van der Waals surface area contributed by atoms with Gasteiger partial charge in [-0.15, -0.1) is 0 Å². The summed E-state index contributed by atoms with van der Waals surface area (Å²) in [4.78, 5) is 11.4. The van der Waals surface area contributed by atoms with E-state index in [-0.39, 0.29) is 11.4 Å². The number of hydrogen-bond acceptors (Lipinski definition) is 3. The second-order valence-electron chi connectivity index (χ2n) is 3.09. The van der Waals surface area contributed by atoms with E-state index in [0.29, 0.717) is 6.07 Å². The molecule has 0 aliphatic rings. The summed E-state index contributed by atoms with van der Waals surface area (Å²) >= 11 is 0. The molecule has 1 heterocycles. The normalized spacial score (nSPS) is 10.4. The number of aromatic hydroxyl groups is 1. The molecule has 1 aromatic carbocycles. The van der Waals surface area contributed by atoms with Crippen molar-refractivity contribution in [1.82, 2.24) is 9.78 Å². The van der Waals surface area contributed by atoms with E-state index in [2.05, 4.69) is 5.10 Å². The van der Waals surface area contributed by atoms with Crippen molar-refractivity contribution in [1.29, 1.82) is 0 Å². The minimum Gasteiger partial charge on any atom is -0.506 e. The van der Waals surface area contributed by atoms with Crippen molar-refractivity contribution in [3.8, 4) is 11.4 Å². The van der Waals surface area contributed by atoms with Crippen molar-refractivity contribution >= 4 is 0 Å². The lowest BCUT2D eigenvalue weighted by Gasteiger charge is -2.04. The fourth-order valence-electron chi connectivity index (χ4n) is 1.25. The van der Waals surface area contributed by atoms with E-state index < -0.39 is 17.2 Å². The Morgan fingerprint density at radius 2 is 1.75 bits per heavy atom. The van der Waals surface area contributed by atoms with Crippen LogP contribution in [-0.4, -0.2) is 14.9 Å². The van der Waals surface area contributed by atoms with Gasteiger partial charge < -0.3 is 5.11 Å². The topological polar surface area (TPSA) is 55.1 Å². The Bertz CT molecular complexity index is 575. The molecule has 82 valence electrons. The Hall–Kier alpha value is -2.24. The summed E-state index contributed by atoms with van der Waals surface area (Å²) in [7, 11) is 0. The number of nitrogens with zero attached hydrogens (tertiary/aromatic N) is 2. The second-order valence-corrected chi connectivity index (χ2v) is 3.09. The van der Waals surface area contributed by atoms with Crippen molar-refractivity contribution in [3.63, 3.8) is 0 Å². The molecule has 16 heavy (non-hydrogen) atoms. The van der Waals surface area contributed by atoms with Gasteiger partial charge in [0.05, 0.1) is 11.9 Å². The zero-order chi connectivity index (χ0) is 11.7. The average Bonchev–Trinajstić information content (AvgIpc) is 2.15. The molecular formula is C10H6F2N2O2. The van der Waals surface area contributed by atoms with E-state index in [4.69, 9.17) is 5.11 Å². The molecule has 0 atom stereocenters. The Labute approximate surface area is 88.4 Å². The van der Waals surface area contributed by atoms with Gasteiger partial charge in [0, 0.05) is 12.1 Å². The lowest BCUT2D eigenvalue weighted by atomic mass is 10.3. The third kappa shape index (κ3) is 1.90. The quantitative estimate of drug-likeness (QED) is 0.792. The van der Waals surface area contributed by atoms with E-state index >= 15 is 0 Å². The van der Waals surface area contributed by atoms with Gasteiger partial charge in [-0.05, 0) is 12.1 Å². The molecule has 0 spiro atoms. The van der Waals surface area contributed by atoms with Crippen LogP contribution in [0.25, 0.3) is 5.69 Å². The summed E-state index contributed by atoms with van der Waals surface area (Å²) in [5, 5.41) is 12.5. The van der Waals surface area contributed by atoms with Gasteiger partial charge in [0.1, 0.15) is 17.4 Å². The van der Waals surface area contributed by atoms with E-state index in [1.165, 1.54) is 0 Å². The number of aromatic nitrogens is 2. The van der Waals surface area contributed by atoms with Crippen LogP contribution < -0.4 is 5.56 Å². The Balaban J connectivity index is 2.63. The van der Waals surface area contributed by atoms with Crippen LogP contribution in [0.2, 0.25) is 0 Å². The summed E-state index contributed by atoms with van der Waals surface area (Å²) in [6, 6.07) is 3.52. The van der Waals surface area contributed by atoms with Crippen LogP contribution in [0.3, 0.4) is 0 Å². The molecule has 0 radical (unpaired) electrons. The highest BCUT2D eigenvalue weighted by atomic mass is 19.1. The molecule has 0 saturated carbocycles. The minimum atomic E-state index is -0.809. The lowest BCUT2D eigenvalue weighted by molar-refractivity contribution is 0.467. The molecular weight excluding hydrogens is 218 g/mol. The van der Waals surface area contributed by atoms with Gasteiger partial charge in [-0.1, -0.05) is 0 Å². The van der Waals surface area contributed by atoms with Gasteiger partial charge in [0.15, 0.2) is 0 Å². The maximum absolute atomic E-state index is 12.9. The first-order valence-electron chi connectivity index (χ1n) is 4.31. The van der Waals surface area contributed by atoms with Crippen LogP contribution in [0.5, 0.6) is 5.75 Å². The molecule has 2 aromatic rings. The van der Waals surface area contributed by atoms with E-state index in [1.807, 2.05) is 0 Å². The summed E-state index contributed by atoms with van der Waals surface area (Å²) < 4.78 is 26.6. The molecule has 0 unspecified atom stereocenters. The van der Waals surface area contributed by atoms with Crippen LogP contribution in [0.15, 0.2) is 35.3 Å². The van der Waals surface area contributed by atoms with Gasteiger partial charge in [-0.2, -0.15) is 9.78 Å². The number of halogens is 2. The van der Waals surface area contributed by atoms with E-state index in [9.17, 15) is 13.6 Å². The Morgan fingerprint density at radius 3 is 2.31 bits per heavy atom. The van der Waals surface area contributed by atoms with Gasteiger partial charge >= 0.3 is 0 Å². The molecule has 1 N–H and O–H groups in total. The first kappa shape index (κ1) is 10.3. The zero-order valence-corrected chi connectivity index (χ0v) is 7.89. The van der Waals surface area contributed by atoms with Crippen molar-refractivity contribution in [2.45, 2.75) is 0 Å². The van der Waals surface area contributed by atoms with Gasteiger partial charge in [-0.25, -0.2) is 8.78 Å². The molecule has 0 saturated heterocycles. The molecule has 4 nitrogen and oxygen atoms in total. The standard InChI is InChI=1S/C10H6F2N2O2/c11-6-1-7(12)3-8(2-6)14-10(16)4-9(15)5-13-14/h1-5,15H. The highest BCUT2D eigenvalue weighted by Crippen LogP contribution is 2.10. The first-order chi connectivity index (χ1) is 7.56. The molecule has 0 amide bonds. The molecule has 1 aromatic heterocycles. The predicted molar refractivity (Wildman–Crippen MR) is 51.4 cm³/mol. The van der Waals surface area contributed by atoms with Gasteiger partial charge in [-0.3, -0.25) is 4.79 Å². The summed E-state index contributed by atoms with van der Waals surface area (Å²) in [5.74, 6) is -1.92. The largest absolute Gasteiger partial charge is 0.506 e. The average molecular weight is 224 g/mol. The summed E-state index contributed by atoms with van der Waals surface area (Å²) in [6.07, 6.45) is 1.00. The minimum absolute atomic E-state index is 0.0394. The Morgan fingerprint density at radius 1 is 1.12 bits per heavy atom. The first-order valence-corrected chi connectivity index (χ1v) is 4.31. The molecule has 2 rings (SSSR count). The lowest BCUT2D eigenvalue weighted by Crippen LogP contribution is -2.19. The van der Waals surface area contributed by atoms with Crippen LogP contribution in [0, 0.1) is 11.6 Å². The third-order valence-electron chi connectivity index (χ3n) is 1.88. The highest BCUT2D eigenvalue weighted by Gasteiger charge is 2.05.